The molecular formula is C18H29N3O. The minimum absolute atomic E-state index is 0.0165. The van der Waals surface area contributed by atoms with Crippen LogP contribution in [-0.4, -0.2) is 36.5 Å². The van der Waals surface area contributed by atoms with Gasteiger partial charge in [-0.1, -0.05) is 19.1 Å². The Labute approximate surface area is 134 Å². The lowest BCUT2D eigenvalue weighted by Crippen LogP contribution is -2.34. The number of amides is 1. The summed E-state index contributed by atoms with van der Waals surface area (Å²) in [4.78, 5) is 14.3. The summed E-state index contributed by atoms with van der Waals surface area (Å²) in [5.41, 5.74) is 7.80. The Hall–Kier alpha value is -1.39. The molecule has 22 heavy (non-hydrogen) atoms. The third-order valence-corrected chi connectivity index (χ3v) is 4.31. The highest BCUT2D eigenvalue weighted by atomic mass is 16.1. The third kappa shape index (κ3) is 5.78. The first-order chi connectivity index (χ1) is 10.5. The zero-order valence-electron chi connectivity index (χ0n) is 13.8. The van der Waals surface area contributed by atoms with Crippen molar-refractivity contribution in [3.8, 4) is 0 Å². The Morgan fingerprint density at radius 3 is 2.82 bits per heavy atom. The van der Waals surface area contributed by atoms with Gasteiger partial charge >= 0.3 is 0 Å². The van der Waals surface area contributed by atoms with Crippen molar-refractivity contribution in [2.24, 2.45) is 11.7 Å². The van der Waals surface area contributed by atoms with Gasteiger partial charge in [-0.05, 0) is 62.9 Å². The van der Waals surface area contributed by atoms with Gasteiger partial charge in [0.15, 0.2) is 0 Å². The topological polar surface area (TPSA) is 58.4 Å². The second-order valence-corrected chi connectivity index (χ2v) is 6.70. The van der Waals surface area contributed by atoms with E-state index in [4.69, 9.17) is 5.73 Å². The Kier molecular flexibility index (Phi) is 6.40. The maximum atomic E-state index is 11.8. The van der Waals surface area contributed by atoms with Crippen LogP contribution in [0.1, 0.15) is 38.7 Å². The minimum Gasteiger partial charge on any atom is -0.327 e. The summed E-state index contributed by atoms with van der Waals surface area (Å²) < 4.78 is 0. The van der Waals surface area contributed by atoms with Crippen LogP contribution in [0.3, 0.4) is 0 Å². The molecule has 1 saturated heterocycles. The molecule has 1 amide bonds. The number of benzene rings is 1. The van der Waals surface area contributed by atoms with Gasteiger partial charge in [0, 0.05) is 24.7 Å². The maximum absolute atomic E-state index is 11.8. The first-order valence-corrected chi connectivity index (χ1v) is 8.39. The van der Waals surface area contributed by atoms with Gasteiger partial charge in [0.25, 0.3) is 0 Å². The van der Waals surface area contributed by atoms with E-state index in [2.05, 4.69) is 29.3 Å². The number of hydrogen-bond donors (Lipinski definition) is 2. The van der Waals surface area contributed by atoms with E-state index in [1.54, 1.807) is 0 Å². The molecule has 1 atom stereocenters. The van der Waals surface area contributed by atoms with E-state index in [0.717, 1.165) is 24.6 Å². The smallest absolute Gasteiger partial charge is 0.225 e. The molecule has 4 nitrogen and oxygen atoms in total. The van der Waals surface area contributed by atoms with Gasteiger partial charge in [0.2, 0.25) is 5.91 Å². The zero-order chi connectivity index (χ0) is 15.9. The highest BCUT2D eigenvalue weighted by Gasteiger charge is 2.15. The van der Waals surface area contributed by atoms with Crippen LogP contribution in [0.25, 0.3) is 0 Å². The van der Waals surface area contributed by atoms with E-state index in [9.17, 15) is 4.79 Å². The Bertz CT molecular complexity index is 479. The van der Waals surface area contributed by atoms with Crippen molar-refractivity contribution in [2.45, 2.75) is 45.6 Å². The fraction of sp³-hybridized carbons (Fsp3) is 0.611. The average molecular weight is 303 g/mol. The molecule has 1 heterocycles. The van der Waals surface area contributed by atoms with E-state index in [1.165, 1.54) is 31.5 Å². The number of carbonyl (C=O) groups excluding carboxylic acids is 1. The second-order valence-electron chi connectivity index (χ2n) is 6.70. The molecule has 0 bridgehead atoms. The summed E-state index contributed by atoms with van der Waals surface area (Å²) in [6.45, 7) is 7.71. The van der Waals surface area contributed by atoms with Gasteiger partial charge in [-0.3, -0.25) is 4.79 Å². The highest BCUT2D eigenvalue weighted by Crippen LogP contribution is 2.17. The molecule has 0 radical (unpaired) electrons. The lowest BCUT2D eigenvalue weighted by atomic mass is 9.99. The number of nitrogens with one attached hydrogen (secondary N) is 1. The van der Waals surface area contributed by atoms with Crippen LogP contribution < -0.4 is 11.1 Å². The van der Waals surface area contributed by atoms with Crippen LogP contribution in [-0.2, 0) is 11.2 Å². The highest BCUT2D eigenvalue weighted by molar-refractivity contribution is 5.91. The Balaban J connectivity index is 1.82. The normalized spacial score (nSPS) is 18.1. The third-order valence-electron chi connectivity index (χ3n) is 4.31. The van der Waals surface area contributed by atoms with E-state index < -0.39 is 0 Å². The second kappa shape index (κ2) is 8.30. The fourth-order valence-electron chi connectivity index (χ4n) is 2.88. The molecule has 0 aromatic heterocycles. The van der Waals surface area contributed by atoms with Gasteiger partial charge < -0.3 is 16.0 Å². The number of carbonyl (C=O) groups is 1. The van der Waals surface area contributed by atoms with Gasteiger partial charge in [-0.2, -0.15) is 0 Å². The molecule has 0 aliphatic carbocycles. The number of hydrogen-bond acceptors (Lipinski definition) is 3. The number of rotatable bonds is 6. The molecule has 0 spiro atoms. The van der Waals surface area contributed by atoms with Crippen LogP contribution in [0.2, 0.25) is 0 Å². The molecular weight excluding hydrogens is 274 g/mol. The van der Waals surface area contributed by atoms with Crippen LogP contribution in [0.4, 0.5) is 5.69 Å². The van der Waals surface area contributed by atoms with Crippen LogP contribution in [0.5, 0.6) is 0 Å². The first-order valence-electron chi connectivity index (χ1n) is 8.39. The van der Waals surface area contributed by atoms with E-state index in [1.807, 2.05) is 19.1 Å². The minimum atomic E-state index is -0.107. The van der Waals surface area contributed by atoms with Gasteiger partial charge in [-0.25, -0.2) is 0 Å². The summed E-state index contributed by atoms with van der Waals surface area (Å²) in [5.74, 6) is 0.858. The summed E-state index contributed by atoms with van der Waals surface area (Å²) in [5, 5.41) is 2.92. The molecule has 0 saturated carbocycles. The summed E-state index contributed by atoms with van der Waals surface area (Å²) in [6, 6.07) is 8.05. The number of nitrogens with two attached hydrogens (primary N) is 1. The van der Waals surface area contributed by atoms with Crippen molar-refractivity contribution in [2.75, 3.05) is 25.0 Å². The monoisotopic (exact) mass is 303 g/mol. The lowest BCUT2D eigenvalue weighted by molar-refractivity contribution is -0.116. The van der Waals surface area contributed by atoms with E-state index >= 15 is 0 Å². The predicted octanol–water partition coefficient (Wildman–Crippen LogP) is 2.64. The van der Waals surface area contributed by atoms with E-state index in [0.29, 0.717) is 6.42 Å². The van der Waals surface area contributed by atoms with Crippen molar-refractivity contribution in [1.82, 2.24) is 4.90 Å². The van der Waals surface area contributed by atoms with Gasteiger partial charge in [0.1, 0.15) is 0 Å². The van der Waals surface area contributed by atoms with Crippen molar-refractivity contribution >= 4 is 11.6 Å². The lowest BCUT2D eigenvalue weighted by Gasteiger charge is -2.30. The molecule has 1 unspecified atom stereocenters. The number of likely N-dealkylation sites (tertiary alicyclic amines) is 1. The fourth-order valence-corrected chi connectivity index (χ4v) is 2.88. The van der Waals surface area contributed by atoms with Gasteiger partial charge in [-0.15, -0.1) is 0 Å². The zero-order valence-corrected chi connectivity index (χ0v) is 13.8. The van der Waals surface area contributed by atoms with Gasteiger partial charge in [0.05, 0.1) is 0 Å². The summed E-state index contributed by atoms with van der Waals surface area (Å²) >= 11 is 0. The standard InChI is InChI=1S/C18H29N3O/c1-14-6-9-21(10-7-14)11-8-16-4-3-5-17(13-16)20-18(22)12-15(2)19/h3-5,13-15H,6-12,19H2,1-2H3,(H,20,22). The molecule has 1 aliphatic rings. The first kappa shape index (κ1) is 17.0. The molecule has 1 fully saturated rings. The number of piperidine rings is 1. The number of nitrogens with zero attached hydrogens (tertiary/aromatic N) is 1. The van der Waals surface area contributed by atoms with Crippen LogP contribution in [0, 0.1) is 5.92 Å². The average Bonchev–Trinajstić information content (AvgIpc) is 2.46. The number of anilines is 1. The molecule has 122 valence electrons. The molecule has 3 N–H and O–H groups in total. The molecule has 1 aliphatic heterocycles. The maximum Gasteiger partial charge on any atom is 0.225 e. The SMILES string of the molecule is CC(N)CC(=O)Nc1cccc(CCN2CCC(C)CC2)c1. The summed E-state index contributed by atoms with van der Waals surface area (Å²) in [6.07, 6.45) is 4.02. The van der Waals surface area contributed by atoms with E-state index in [-0.39, 0.29) is 11.9 Å². The van der Waals surface area contributed by atoms with Crippen LogP contribution >= 0.6 is 0 Å². The molecule has 2 rings (SSSR count). The summed E-state index contributed by atoms with van der Waals surface area (Å²) in [7, 11) is 0. The quantitative estimate of drug-likeness (QED) is 0.849. The largest absolute Gasteiger partial charge is 0.327 e. The van der Waals surface area contributed by atoms with Crippen molar-refractivity contribution in [3.63, 3.8) is 0 Å². The van der Waals surface area contributed by atoms with Crippen molar-refractivity contribution in [3.05, 3.63) is 29.8 Å². The Morgan fingerprint density at radius 1 is 1.41 bits per heavy atom. The Morgan fingerprint density at radius 2 is 2.14 bits per heavy atom. The molecule has 1 aromatic rings. The van der Waals surface area contributed by atoms with Crippen molar-refractivity contribution < 1.29 is 4.79 Å². The van der Waals surface area contributed by atoms with Crippen molar-refractivity contribution in [1.29, 1.82) is 0 Å². The van der Waals surface area contributed by atoms with Crippen LogP contribution in [0.15, 0.2) is 24.3 Å². The molecule has 1 aromatic carbocycles. The predicted molar refractivity (Wildman–Crippen MR) is 91.9 cm³/mol. The molecule has 4 heteroatoms.